The van der Waals surface area contributed by atoms with Crippen LogP contribution in [-0.4, -0.2) is 64.5 Å². The number of carbonyl (C=O) groups is 3. The van der Waals surface area contributed by atoms with E-state index in [0.29, 0.717) is 35.5 Å². The Labute approximate surface area is 330 Å². The van der Waals surface area contributed by atoms with Crippen LogP contribution in [0.3, 0.4) is 0 Å². The van der Waals surface area contributed by atoms with Crippen molar-refractivity contribution >= 4 is 59.6 Å². The molecule has 57 heavy (non-hydrogen) atoms. The van der Waals surface area contributed by atoms with Crippen LogP contribution in [0.15, 0.2) is 103 Å². The predicted molar refractivity (Wildman–Crippen MR) is 216 cm³/mol. The Bertz CT molecular complexity index is 2500. The Balaban J connectivity index is 1.04. The topological polar surface area (TPSA) is 154 Å². The molecule has 5 aromatic carbocycles. The fourth-order valence-electron chi connectivity index (χ4n) is 9.97. The Morgan fingerprint density at radius 3 is 2.37 bits per heavy atom. The fourth-order valence-corrected chi connectivity index (χ4v) is 12.5. The van der Waals surface area contributed by atoms with E-state index in [1.54, 1.807) is 33.9 Å². The van der Waals surface area contributed by atoms with Gasteiger partial charge in [-0.3, -0.25) is 29.4 Å². The minimum atomic E-state index is -3.17. The highest BCUT2D eigenvalue weighted by Crippen LogP contribution is 2.60. The van der Waals surface area contributed by atoms with Gasteiger partial charge >= 0.3 is 0 Å². The number of fused-ring (bicyclic) bond motifs is 3. The number of hydrogen-bond acceptors (Lipinski definition) is 8. The maximum Gasteiger partial charge on any atom is 0.269 e. The van der Waals surface area contributed by atoms with Crippen LogP contribution in [0.1, 0.15) is 46.0 Å². The molecule has 4 aliphatic heterocycles. The molecule has 2 N–H and O–H groups in total. The SMILES string of the molecule is C[C@H]1[C@H]([Si](C)(C)O)[C@@H](CC(=O)N2Cc3ccccc3C[C@H]2CO)O[C@]12C(=O)N(Cc1ccc(N3C(=O)c4cccc5cccc3c45)cc1)c1ccc([N+](=O)[O-])cc12. The second-order valence-corrected chi connectivity index (χ2v) is 20.2. The third-order valence-electron chi connectivity index (χ3n) is 12.5. The van der Waals surface area contributed by atoms with Crippen LogP contribution >= 0.6 is 0 Å². The first-order chi connectivity index (χ1) is 27.3. The number of ether oxygens (including phenoxy) is 1. The Morgan fingerprint density at radius 2 is 1.67 bits per heavy atom. The predicted octanol–water partition coefficient (Wildman–Crippen LogP) is 6.72. The minimum absolute atomic E-state index is 0.102. The molecule has 0 bridgehead atoms. The molecule has 3 amide bonds. The number of benzene rings is 5. The molecular weight excluding hydrogens is 741 g/mol. The number of carbonyl (C=O) groups excluding carboxylic acids is 3. The Morgan fingerprint density at radius 1 is 0.947 bits per heavy atom. The van der Waals surface area contributed by atoms with E-state index < -0.39 is 48.4 Å². The number of rotatable bonds is 8. The highest BCUT2D eigenvalue weighted by Gasteiger charge is 2.67. The molecule has 13 heteroatoms. The molecule has 0 aromatic heterocycles. The van der Waals surface area contributed by atoms with Gasteiger partial charge in [0.1, 0.15) is 0 Å². The number of nitro benzene ring substituents is 1. The van der Waals surface area contributed by atoms with Crippen LogP contribution in [0.4, 0.5) is 22.7 Å². The van der Waals surface area contributed by atoms with Crippen molar-refractivity contribution in [3.8, 4) is 0 Å². The third-order valence-corrected chi connectivity index (χ3v) is 15.0. The normalized spacial score (nSPS) is 23.8. The Kier molecular flexibility index (Phi) is 8.70. The lowest BCUT2D eigenvalue weighted by Crippen LogP contribution is -2.48. The van der Waals surface area contributed by atoms with Gasteiger partial charge in [-0.15, -0.1) is 0 Å². The van der Waals surface area contributed by atoms with Crippen molar-refractivity contribution < 1.29 is 33.9 Å². The zero-order chi connectivity index (χ0) is 40.0. The highest BCUT2D eigenvalue weighted by atomic mass is 28.4. The van der Waals surface area contributed by atoms with Gasteiger partial charge in [-0.25, -0.2) is 0 Å². The van der Waals surface area contributed by atoms with Crippen molar-refractivity contribution in [2.75, 3.05) is 16.4 Å². The van der Waals surface area contributed by atoms with Crippen molar-refractivity contribution in [1.82, 2.24) is 4.90 Å². The van der Waals surface area contributed by atoms with Gasteiger partial charge in [0.05, 0.1) is 53.6 Å². The minimum Gasteiger partial charge on any atom is -0.432 e. The molecule has 0 unspecified atom stereocenters. The summed E-state index contributed by atoms with van der Waals surface area (Å²) in [5.74, 6) is -1.46. The van der Waals surface area contributed by atoms with Gasteiger partial charge in [-0.2, -0.15) is 0 Å². The lowest BCUT2D eigenvalue weighted by Gasteiger charge is -2.37. The second kappa shape index (κ2) is 13.4. The van der Waals surface area contributed by atoms with Crippen LogP contribution in [0, 0.1) is 16.0 Å². The van der Waals surface area contributed by atoms with E-state index in [1.165, 1.54) is 12.1 Å². The summed E-state index contributed by atoms with van der Waals surface area (Å²) in [6, 6.07) is 30.6. The lowest BCUT2D eigenvalue weighted by atomic mass is 9.82. The second-order valence-electron chi connectivity index (χ2n) is 16.2. The van der Waals surface area contributed by atoms with Crippen molar-refractivity contribution in [1.29, 1.82) is 0 Å². The molecule has 4 aliphatic rings. The zero-order valence-corrected chi connectivity index (χ0v) is 32.8. The highest BCUT2D eigenvalue weighted by molar-refractivity contribution is 6.71. The van der Waals surface area contributed by atoms with Crippen LogP contribution in [0.5, 0.6) is 0 Å². The van der Waals surface area contributed by atoms with Crippen molar-refractivity contribution in [2.45, 2.75) is 69.2 Å². The molecule has 5 aromatic rings. The van der Waals surface area contributed by atoms with Crippen LogP contribution in [0.25, 0.3) is 10.8 Å². The smallest absolute Gasteiger partial charge is 0.269 e. The summed E-state index contributed by atoms with van der Waals surface area (Å²) < 4.78 is 6.87. The number of nitro groups is 1. The fraction of sp³-hybridized carbons (Fsp3) is 0.295. The number of aliphatic hydroxyl groups excluding tert-OH is 1. The first-order valence-electron chi connectivity index (χ1n) is 19.2. The molecule has 1 fully saturated rings. The molecule has 290 valence electrons. The van der Waals surface area contributed by atoms with E-state index in [0.717, 1.165) is 33.2 Å². The standard InChI is InChI=1S/C44H42N4O8Si/c1-26-41(57(2,3)55)38(22-39(50)45-24-30-9-5-4-8-29(30)20-33(45)25-49)56-44(26)35-21-32(48(53)54)18-19-36(35)46(43(44)52)23-27-14-16-31(17-15-27)47-37-13-7-11-28-10-6-12-34(40(28)37)42(47)51/h4-19,21,26,33,38,41,49,55H,20,22-25H2,1-3H3/t26-,33-,38+,41-,44+/m0/s1. The number of anilines is 3. The molecule has 0 radical (unpaired) electrons. The van der Waals surface area contributed by atoms with Gasteiger partial charge in [-0.1, -0.05) is 67.6 Å². The molecule has 0 aliphatic carbocycles. The largest absolute Gasteiger partial charge is 0.432 e. The first kappa shape index (κ1) is 36.9. The summed E-state index contributed by atoms with van der Waals surface area (Å²) in [6.45, 7) is 5.55. The average Bonchev–Trinajstić information content (AvgIpc) is 3.75. The van der Waals surface area contributed by atoms with E-state index in [2.05, 4.69) is 0 Å². The summed E-state index contributed by atoms with van der Waals surface area (Å²) in [5, 5.41) is 24.3. The van der Waals surface area contributed by atoms with Gasteiger partial charge in [0, 0.05) is 46.8 Å². The summed E-state index contributed by atoms with van der Waals surface area (Å²) in [6.07, 6.45) is -0.520. The van der Waals surface area contributed by atoms with E-state index in [-0.39, 0.29) is 37.1 Å². The maximum atomic E-state index is 15.1. The van der Waals surface area contributed by atoms with E-state index >= 15 is 4.79 Å². The van der Waals surface area contributed by atoms with Gasteiger partial charge in [0.25, 0.3) is 17.5 Å². The molecule has 5 atom stereocenters. The average molecular weight is 783 g/mol. The number of amides is 3. The molecule has 12 nitrogen and oxygen atoms in total. The van der Waals surface area contributed by atoms with Crippen LogP contribution in [0.2, 0.25) is 18.6 Å². The van der Waals surface area contributed by atoms with Crippen molar-refractivity contribution in [3.05, 3.63) is 141 Å². The quantitative estimate of drug-likeness (QED) is 0.1000. The molecular formula is C44H42N4O8Si. The molecule has 4 heterocycles. The number of hydrogen-bond donors (Lipinski definition) is 2. The summed E-state index contributed by atoms with van der Waals surface area (Å²) in [7, 11) is -3.17. The van der Waals surface area contributed by atoms with Crippen LogP contribution < -0.4 is 9.80 Å². The van der Waals surface area contributed by atoms with Crippen molar-refractivity contribution in [3.63, 3.8) is 0 Å². The van der Waals surface area contributed by atoms with Gasteiger partial charge in [0.15, 0.2) is 13.9 Å². The number of aliphatic hydroxyl groups is 1. The number of nitrogens with zero attached hydrogens (tertiary/aromatic N) is 4. The molecule has 1 spiro atoms. The van der Waals surface area contributed by atoms with Gasteiger partial charge < -0.3 is 24.4 Å². The monoisotopic (exact) mass is 782 g/mol. The third kappa shape index (κ3) is 5.71. The van der Waals surface area contributed by atoms with Crippen molar-refractivity contribution in [2.24, 2.45) is 5.92 Å². The molecule has 9 rings (SSSR count). The van der Waals surface area contributed by atoms with Crippen LogP contribution in [-0.2, 0) is 39.4 Å². The zero-order valence-electron chi connectivity index (χ0n) is 31.8. The Hall–Kier alpha value is -5.73. The van der Waals surface area contributed by atoms with E-state index in [9.17, 15) is 29.6 Å². The number of non-ortho nitro benzene ring substituents is 1. The van der Waals surface area contributed by atoms with E-state index in [1.807, 2.05) is 91.9 Å². The summed E-state index contributed by atoms with van der Waals surface area (Å²) in [5.41, 5.74) is 3.21. The lowest BCUT2D eigenvalue weighted by molar-refractivity contribution is -0.385. The van der Waals surface area contributed by atoms with E-state index in [4.69, 9.17) is 4.74 Å². The van der Waals surface area contributed by atoms with Gasteiger partial charge in [0.2, 0.25) is 5.91 Å². The van der Waals surface area contributed by atoms with Gasteiger partial charge in [-0.05, 0) is 71.9 Å². The summed E-state index contributed by atoms with van der Waals surface area (Å²) >= 11 is 0. The first-order valence-corrected chi connectivity index (χ1v) is 22.3. The summed E-state index contributed by atoms with van der Waals surface area (Å²) in [4.78, 5) is 71.2. The molecule has 0 saturated carbocycles. The molecule has 1 saturated heterocycles. The maximum absolute atomic E-state index is 15.1.